The van der Waals surface area contributed by atoms with Gasteiger partial charge in [0, 0.05) is 17.3 Å². The van der Waals surface area contributed by atoms with Crippen LogP contribution in [0.4, 0.5) is 0 Å². The van der Waals surface area contributed by atoms with Crippen molar-refractivity contribution in [2.75, 3.05) is 0 Å². The highest BCUT2D eigenvalue weighted by Gasteiger charge is 2.12. The number of thiophene rings is 1. The van der Waals surface area contributed by atoms with E-state index in [1.807, 2.05) is 19.2 Å². The molecule has 2 aromatic rings. The van der Waals surface area contributed by atoms with Crippen molar-refractivity contribution in [2.24, 2.45) is 0 Å². The number of amides is 1. The summed E-state index contributed by atoms with van der Waals surface area (Å²) < 4.78 is 0. The molecule has 0 aliphatic heterocycles. The monoisotopic (exact) mass is 294 g/mol. The molecule has 2 rings (SSSR count). The lowest BCUT2D eigenvalue weighted by atomic mass is 10.1. The van der Waals surface area contributed by atoms with Gasteiger partial charge in [-0.25, -0.2) is 4.98 Å². The number of carbonyl (C=O) groups is 1. The molecule has 0 radical (unpaired) electrons. The van der Waals surface area contributed by atoms with Gasteiger partial charge in [-0.15, -0.1) is 0 Å². The van der Waals surface area contributed by atoms with E-state index < -0.39 is 0 Å². The van der Waals surface area contributed by atoms with Crippen molar-refractivity contribution in [3.63, 3.8) is 0 Å². The van der Waals surface area contributed by atoms with Crippen molar-refractivity contribution in [2.45, 2.75) is 26.3 Å². The second kappa shape index (κ2) is 6.17. The van der Waals surface area contributed by atoms with Crippen LogP contribution in [0.3, 0.4) is 0 Å². The molecule has 0 fully saturated rings. The van der Waals surface area contributed by atoms with Gasteiger partial charge in [0.05, 0.1) is 0 Å². The molecule has 1 atom stereocenters. The summed E-state index contributed by atoms with van der Waals surface area (Å²) in [6, 6.07) is 5.47. The Bertz CT molecular complexity index is 549. The summed E-state index contributed by atoms with van der Waals surface area (Å²) in [5, 5.41) is 7.44. The lowest BCUT2D eigenvalue weighted by molar-refractivity contribution is 0.0940. The highest BCUT2D eigenvalue weighted by atomic mass is 35.5. The molecule has 0 saturated heterocycles. The van der Waals surface area contributed by atoms with Crippen molar-refractivity contribution < 1.29 is 4.79 Å². The largest absolute Gasteiger partial charge is 0.349 e. The van der Waals surface area contributed by atoms with Gasteiger partial charge < -0.3 is 5.32 Å². The van der Waals surface area contributed by atoms with E-state index in [4.69, 9.17) is 11.6 Å². The molecule has 1 unspecified atom stereocenters. The first-order chi connectivity index (χ1) is 9.04. The lowest BCUT2D eigenvalue weighted by Crippen LogP contribution is -2.34. The summed E-state index contributed by atoms with van der Waals surface area (Å²) in [6.07, 6.45) is 0.826. The fourth-order valence-electron chi connectivity index (χ4n) is 1.88. The zero-order chi connectivity index (χ0) is 13.8. The van der Waals surface area contributed by atoms with Crippen LogP contribution in [0.2, 0.25) is 5.15 Å². The van der Waals surface area contributed by atoms with Crippen LogP contribution in [-0.2, 0) is 6.42 Å². The molecule has 19 heavy (non-hydrogen) atoms. The average molecular weight is 295 g/mol. The van der Waals surface area contributed by atoms with E-state index in [1.165, 1.54) is 5.56 Å². The fourth-order valence-corrected chi connectivity index (χ4v) is 2.81. The second-order valence-electron chi connectivity index (χ2n) is 4.53. The van der Waals surface area contributed by atoms with Gasteiger partial charge >= 0.3 is 0 Å². The zero-order valence-corrected chi connectivity index (χ0v) is 12.4. The molecule has 5 heteroatoms. The Hall–Kier alpha value is -1.39. The van der Waals surface area contributed by atoms with Crippen molar-refractivity contribution in [3.05, 3.63) is 50.9 Å². The number of rotatable bonds is 4. The molecular weight excluding hydrogens is 280 g/mol. The maximum Gasteiger partial charge on any atom is 0.251 e. The molecule has 2 aromatic heterocycles. The predicted octanol–water partition coefficient (Wildman–Crippen LogP) is 3.47. The molecular formula is C14H15ClN2OS. The Balaban J connectivity index is 2.00. The molecule has 0 aliphatic carbocycles. The topological polar surface area (TPSA) is 42.0 Å². The second-order valence-corrected chi connectivity index (χ2v) is 5.70. The number of carbonyl (C=O) groups excluding carboxylic acids is 1. The summed E-state index contributed by atoms with van der Waals surface area (Å²) in [6.45, 7) is 3.81. The first kappa shape index (κ1) is 14.0. The molecule has 100 valence electrons. The van der Waals surface area contributed by atoms with E-state index in [0.717, 1.165) is 12.1 Å². The number of nitrogens with zero attached hydrogens (tertiary/aromatic N) is 1. The molecule has 1 amide bonds. The van der Waals surface area contributed by atoms with Crippen LogP contribution < -0.4 is 5.32 Å². The van der Waals surface area contributed by atoms with Gasteiger partial charge in [-0.2, -0.15) is 11.3 Å². The van der Waals surface area contributed by atoms with E-state index in [2.05, 4.69) is 21.7 Å². The molecule has 1 N–H and O–H groups in total. The minimum absolute atomic E-state index is 0.0781. The molecule has 2 heterocycles. The van der Waals surface area contributed by atoms with Crippen LogP contribution in [0, 0.1) is 6.92 Å². The summed E-state index contributed by atoms with van der Waals surface area (Å²) in [4.78, 5) is 16.1. The fraction of sp³-hybridized carbons (Fsp3) is 0.286. The zero-order valence-electron chi connectivity index (χ0n) is 10.8. The van der Waals surface area contributed by atoms with Crippen LogP contribution in [-0.4, -0.2) is 16.9 Å². The van der Waals surface area contributed by atoms with Crippen molar-refractivity contribution >= 4 is 28.8 Å². The van der Waals surface area contributed by atoms with Crippen molar-refractivity contribution in [1.82, 2.24) is 10.3 Å². The number of aromatic nitrogens is 1. The molecule has 0 spiro atoms. The molecule has 3 nitrogen and oxygen atoms in total. The summed E-state index contributed by atoms with van der Waals surface area (Å²) >= 11 is 7.52. The van der Waals surface area contributed by atoms with E-state index in [-0.39, 0.29) is 11.9 Å². The maximum atomic E-state index is 12.1. The maximum absolute atomic E-state index is 12.1. The Morgan fingerprint density at radius 1 is 1.53 bits per heavy atom. The number of pyridine rings is 1. The van der Waals surface area contributed by atoms with Crippen molar-refractivity contribution in [1.29, 1.82) is 0 Å². The third-order valence-corrected chi connectivity index (χ3v) is 3.61. The Morgan fingerprint density at radius 3 is 2.95 bits per heavy atom. The highest BCUT2D eigenvalue weighted by molar-refractivity contribution is 7.07. The van der Waals surface area contributed by atoms with Gasteiger partial charge in [-0.1, -0.05) is 11.6 Å². The van der Waals surface area contributed by atoms with Gasteiger partial charge in [0.2, 0.25) is 0 Å². The quantitative estimate of drug-likeness (QED) is 0.877. The third-order valence-electron chi connectivity index (χ3n) is 2.68. The van der Waals surface area contributed by atoms with Crippen molar-refractivity contribution in [3.8, 4) is 0 Å². The van der Waals surface area contributed by atoms with Crippen LogP contribution in [0.15, 0.2) is 29.0 Å². The van der Waals surface area contributed by atoms with Crippen LogP contribution in [0.25, 0.3) is 0 Å². The van der Waals surface area contributed by atoms with E-state index >= 15 is 0 Å². The number of aryl methyl sites for hydroxylation is 1. The van der Waals surface area contributed by atoms with E-state index in [1.54, 1.807) is 23.5 Å². The van der Waals surface area contributed by atoms with Crippen LogP contribution in [0.5, 0.6) is 0 Å². The third kappa shape index (κ3) is 4.04. The minimum Gasteiger partial charge on any atom is -0.349 e. The predicted molar refractivity (Wildman–Crippen MR) is 78.9 cm³/mol. The number of hydrogen-bond acceptors (Lipinski definition) is 3. The van der Waals surface area contributed by atoms with E-state index in [9.17, 15) is 4.79 Å². The Morgan fingerprint density at radius 2 is 2.32 bits per heavy atom. The molecule has 0 bridgehead atoms. The molecule has 0 aromatic carbocycles. The van der Waals surface area contributed by atoms with Gasteiger partial charge in [0.25, 0.3) is 5.91 Å². The van der Waals surface area contributed by atoms with Crippen LogP contribution >= 0.6 is 22.9 Å². The average Bonchev–Trinajstić information content (AvgIpc) is 2.80. The summed E-state index contributed by atoms with van der Waals surface area (Å²) in [5.41, 5.74) is 2.53. The number of nitrogens with one attached hydrogen (secondary N) is 1. The minimum atomic E-state index is -0.116. The Kier molecular flexibility index (Phi) is 4.56. The van der Waals surface area contributed by atoms with Gasteiger partial charge in [-0.3, -0.25) is 4.79 Å². The normalized spacial score (nSPS) is 12.2. The van der Waals surface area contributed by atoms with Gasteiger partial charge in [-0.05, 0) is 54.8 Å². The molecule has 0 aliphatic rings. The lowest BCUT2D eigenvalue weighted by Gasteiger charge is -2.13. The highest BCUT2D eigenvalue weighted by Crippen LogP contribution is 2.12. The van der Waals surface area contributed by atoms with Crippen LogP contribution in [0.1, 0.15) is 28.5 Å². The standard InChI is InChI=1S/C14H15ClN2OS/c1-9(5-11-3-4-19-8-11)17-14(18)12-6-10(2)16-13(15)7-12/h3-4,6-9H,5H2,1-2H3,(H,17,18). The Labute approximate surface area is 121 Å². The van der Waals surface area contributed by atoms with Gasteiger partial charge in [0.15, 0.2) is 0 Å². The first-order valence-electron chi connectivity index (χ1n) is 6.00. The number of hydrogen-bond donors (Lipinski definition) is 1. The summed E-state index contributed by atoms with van der Waals surface area (Å²) in [5.74, 6) is -0.116. The first-order valence-corrected chi connectivity index (χ1v) is 7.33. The number of halogens is 1. The molecule has 0 saturated carbocycles. The van der Waals surface area contributed by atoms with E-state index in [0.29, 0.717) is 10.7 Å². The summed E-state index contributed by atoms with van der Waals surface area (Å²) in [7, 11) is 0. The smallest absolute Gasteiger partial charge is 0.251 e. The SMILES string of the molecule is Cc1cc(C(=O)NC(C)Cc2ccsc2)cc(Cl)n1. The van der Waals surface area contributed by atoms with Gasteiger partial charge in [0.1, 0.15) is 5.15 Å².